The van der Waals surface area contributed by atoms with E-state index in [1.54, 1.807) is 0 Å². The molecule has 0 saturated carbocycles. The Morgan fingerprint density at radius 2 is 1.49 bits per heavy atom. The second kappa shape index (κ2) is 11.6. The Labute approximate surface area is 254 Å². The fraction of sp³-hybridized carbons (Fsp3) is 0.0385. The van der Waals surface area contributed by atoms with Gasteiger partial charge in [0.2, 0.25) is 9.84 Å². The van der Waals surface area contributed by atoms with Gasteiger partial charge in [-0.05, 0) is 88.4 Å². The zero-order valence-corrected chi connectivity index (χ0v) is 25.9. The van der Waals surface area contributed by atoms with E-state index in [0.717, 1.165) is 24.3 Å². The van der Waals surface area contributed by atoms with Crippen molar-refractivity contribution in [3.8, 4) is 0 Å². The van der Waals surface area contributed by atoms with Crippen molar-refractivity contribution in [2.45, 2.75) is 26.5 Å². The van der Waals surface area contributed by atoms with Gasteiger partial charge < -0.3 is 11.1 Å². The van der Waals surface area contributed by atoms with Gasteiger partial charge >= 0.3 is 0 Å². The normalized spacial score (nSPS) is 12.5. The minimum Gasteiger partial charge on any atom is -0.399 e. The number of hydrogen-bond acceptors (Lipinski definition) is 10. The number of azo groups is 1. The lowest BCUT2D eigenvalue weighted by Crippen LogP contribution is -2.11. The molecule has 0 aliphatic heterocycles. The molecule has 0 saturated heterocycles. The van der Waals surface area contributed by atoms with Crippen LogP contribution in [-0.2, 0) is 34.9 Å². The van der Waals surface area contributed by atoms with Gasteiger partial charge in [0.05, 0.1) is 24.9 Å². The molecule has 4 aromatic carbocycles. The fourth-order valence-electron chi connectivity index (χ4n) is 3.91. The molecule has 0 aliphatic rings. The van der Waals surface area contributed by atoms with Gasteiger partial charge in [-0.25, -0.2) is 8.42 Å². The van der Waals surface area contributed by atoms with Crippen molar-refractivity contribution in [1.82, 2.24) is 0 Å². The standard InChI is InChI=1S/C26H21BrN4O9S3/c1-14-3-7-19(13-24(14)43(38,39)40)41(33,34)25-11-18(29-26(32)15(2)27)6-8-22(25)30-31-23-12-20(42(35,36)37)9-16-4-5-17(28)10-21(16)23/h3-13H,2,28H2,1H3,(H,29,32)(H,35,36,37)(H,38,39,40). The summed E-state index contributed by atoms with van der Waals surface area (Å²) < 4.78 is 94.3. The zero-order chi connectivity index (χ0) is 31.9. The number of aryl methyl sites for hydroxylation is 1. The van der Waals surface area contributed by atoms with Crippen LogP contribution in [0.4, 0.5) is 22.7 Å². The third kappa shape index (κ3) is 6.98. The molecule has 0 unspecified atom stereocenters. The Balaban J connectivity index is 1.95. The number of rotatable bonds is 8. The molecular formula is C26H21BrN4O9S3. The Morgan fingerprint density at radius 3 is 2.12 bits per heavy atom. The predicted octanol–water partition coefficient (Wildman–Crippen LogP) is 5.32. The van der Waals surface area contributed by atoms with E-state index in [-0.39, 0.29) is 27.1 Å². The summed E-state index contributed by atoms with van der Waals surface area (Å²) in [5, 5.41) is 11.2. The molecule has 4 rings (SSSR count). The van der Waals surface area contributed by atoms with E-state index >= 15 is 0 Å². The molecule has 0 atom stereocenters. The van der Waals surface area contributed by atoms with Crippen LogP contribution < -0.4 is 11.1 Å². The van der Waals surface area contributed by atoms with Crippen LogP contribution >= 0.6 is 15.9 Å². The highest BCUT2D eigenvalue weighted by Crippen LogP contribution is 2.37. The molecule has 5 N–H and O–H groups in total. The Morgan fingerprint density at radius 1 is 0.814 bits per heavy atom. The van der Waals surface area contributed by atoms with Gasteiger partial charge in [-0.2, -0.15) is 16.8 Å². The molecule has 224 valence electrons. The van der Waals surface area contributed by atoms with E-state index in [9.17, 15) is 39.2 Å². The van der Waals surface area contributed by atoms with Crippen molar-refractivity contribution in [3.05, 3.63) is 83.4 Å². The summed E-state index contributed by atoms with van der Waals surface area (Å²) in [5.74, 6) is -0.687. The van der Waals surface area contributed by atoms with Crippen molar-refractivity contribution in [2.24, 2.45) is 10.2 Å². The number of hydrogen-bond donors (Lipinski definition) is 4. The number of sulfone groups is 1. The summed E-state index contributed by atoms with van der Waals surface area (Å²) in [7, 11) is -14.1. The van der Waals surface area contributed by atoms with E-state index in [1.807, 2.05) is 0 Å². The van der Waals surface area contributed by atoms with Crippen LogP contribution in [0.3, 0.4) is 0 Å². The first-order chi connectivity index (χ1) is 19.9. The first-order valence-corrected chi connectivity index (χ1v) is 16.9. The number of benzene rings is 4. The Bertz CT molecular complexity index is 2200. The number of anilines is 2. The van der Waals surface area contributed by atoms with Crippen LogP contribution in [0, 0.1) is 6.92 Å². The molecule has 0 aromatic heterocycles. The summed E-state index contributed by atoms with van der Waals surface area (Å²) in [6, 6.07) is 13.3. The molecule has 4 aromatic rings. The highest BCUT2D eigenvalue weighted by atomic mass is 79.9. The van der Waals surface area contributed by atoms with Crippen molar-refractivity contribution in [2.75, 3.05) is 11.1 Å². The number of nitrogens with two attached hydrogens (primary N) is 1. The van der Waals surface area contributed by atoms with E-state index in [1.165, 1.54) is 49.4 Å². The highest BCUT2D eigenvalue weighted by molar-refractivity contribution is 9.12. The van der Waals surface area contributed by atoms with E-state index in [4.69, 9.17) is 5.73 Å². The average molecular weight is 710 g/mol. The molecule has 0 heterocycles. The second-order valence-electron chi connectivity index (χ2n) is 9.05. The van der Waals surface area contributed by atoms with Crippen LogP contribution in [-0.4, -0.2) is 40.3 Å². The van der Waals surface area contributed by atoms with Gasteiger partial charge in [-0.3, -0.25) is 13.9 Å². The number of nitrogens with one attached hydrogen (secondary N) is 1. The first-order valence-electron chi connectivity index (χ1n) is 11.7. The molecular weight excluding hydrogens is 688 g/mol. The highest BCUT2D eigenvalue weighted by Gasteiger charge is 2.26. The summed E-state index contributed by atoms with van der Waals surface area (Å²) in [6.45, 7) is 4.81. The van der Waals surface area contributed by atoms with E-state index in [0.29, 0.717) is 16.5 Å². The number of amides is 1. The summed E-state index contributed by atoms with van der Waals surface area (Å²) in [5.41, 5.74) is 5.88. The molecule has 43 heavy (non-hydrogen) atoms. The number of carbonyl (C=O) groups is 1. The lowest BCUT2D eigenvalue weighted by Gasteiger charge is -2.12. The summed E-state index contributed by atoms with van der Waals surface area (Å²) >= 11 is 2.93. The van der Waals surface area contributed by atoms with Crippen LogP contribution in [0.1, 0.15) is 5.56 Å². The van der Waals surface area contributed by atoms with Gasteiger partial charge in [-0.1, -0.05) is 18.7 Å². The summed E-state index contributed by atoms with van der Waals surface area (Å²) in [4.78, 5) is 9.98. The molecule has 1 amide bonds. The maximum atomic E-state index is 13.8. The maximum absolute atomic E-state index is 13.8. The Hall–Kier alpha value is -4.00. The molecule has 0 bridgehead atoms. The lowest BCUT2D eigenvalue weighted by molar-refractivity contribution is -0.112. The van der Waals surface area contributed by atoms with Crippen LogP contribution in [0.5, 0.6) is 0 Å². The largest absolute Gasteiger partial charge is 0.399 e. The lowest BCUT2D eigenvalue weighted by atomic mass is 10.1. The van der Waals surface area contributed by atoms with Gasteiger partial charge in [0.15, 0.2) is 0 Å². The van der Waals surface area contributed by atoms with Crippen molar-refractivity contribution in [3.63, 3.8) is 0 Å². The second-order valence-corrected chi connectivity index (χ2v) is 14.7. The third-order valence-corrected chi connectivity index (χ3v) is 9.96. The average Bonchev–Trinajstić information content (AvgIpc) is 2.90. The molecule has 0 spiro atoms. The monoisotopic (exact) mass is 708 g/mol. The van der Waals surface area contributed by atoms with Gasteiger partial charge in [0.25, 0.3) is 26.1 Å². The van der Waals surface area contributed by atoms with Crippen molar-refractivity contribution in [1.29, 1.82) is 0 Å². The minimum atomic E-state index is -4.79. The molecule has 17 heteroatoms. The zero-order valence-electron chi connectivity index (χ0n) is 21.9. The molecule has 0 aliphatic carbocycles. The Kier molecular flexibility index (Phi) is 8.60. The van der Waals surface area contributed by atoms with Gasteiger partial charge in [-0.15, -0.1) is 10.2 Å². The van der Waals surface area contributed by atoms with E-state index < -0.39 is 55.6 Å². The number of nitrogen functional groups attached to an aromatic ring is 1. The minimum absolute atomic E-state index is 0.00293. The molecule has 0 radical (unpaired) electrons. The smallest absolute Gasteiger partial charge is 0.294 e. The SMILES string of the molecule is C=C(Br)C(=O)Nc1ccc(N=Nc2cc(S(=O)(=O)O)cc3ccc(N)cc23)c(S(=O)(=O)c2ccc(C)c(S(=O)(=O)O)c2)c1. The molecule has 13 nitrogen and oxygen atoms in total. The number of halogens is 1. The maximum Gasteiger partial charge on any atom is 0.294 e. The summed E-state index contributed by atoms with van der Waals surface area (Å²) in [6.07, 6.45) is 0. The predicted molar refractivity (Wildman–Crippen MR) is 162 cm³/mol. The first kappa shape index (κ1) is 31.9. The van der Waals surface area contributed by atoms with Crippen LogP contribution in [0.2, 0.25) is 0 Å². The third-order valence-electron chi connectivity index (χ3n) is 5.99. The quantitative estimate of drug-likeness (QED) is 0.0798. The number of nitrogens with zero attached hydrogens (tertiary/aromatic N) is 2. The van der Waals surface area contributed by atoms with E-state index in [2.05, 4.69) is 38.1 Å². The van der Waals surface area contributed by atoms with Crippen LogP contribution in [0.15, 0.2) is 108 Å². The fourth-order valence-corrected chi connectivity index (χ4v) is 6.81. The number of carbonyl (C=O) groups excluding carboxylic acids is 1. The number of fused-ring (bicyclic) bond motifs is 1. The van der Waals surface area contributed by atoms with Crippen LogP contribution in [0.25, 0.3) is 10.8 Å². The van der Waals surface area contributed by atoms with Gasteiger partial charge in [0, 0.05) is 16.8 Å². The molecule has 0 fully saturated rings. The topological polar surface area (TPSA) is 223 Å². The van der Waals surface area contributed by atoms with Crippen molar-refractivity contribution < 1.29 is 39.2 Å². The van der Waals surface area contributed by atoms with Gasteiger partial charge in [0.1, 0.15) is 10.6 Å². The van der Waals surface area contributed by atoms with Crippen molar-refractivity contribution >= 4 is 85.4 Å².